The second kappa shape index (κ2) is 6.15. The second-order valence-corrected chi connectivity index (χ2v) is 7.48. The molecule has 2 N–H and O–H groups in total. The molecular weight excluding hydrogens is 294 g/mol. The fourth-order valence-electron chi connectivity index (χ4n) is 2.72. The summed E-state index contributed by atoms with van der Waals surface area (Å²) in [6.45, 7) is 3.84. The maximum absolute atomic E-state index is 12.3. The number of carbonyl (C=O) groups is 1. The number of rotatable bonds is 5. The maximum Gasteiger partial charge on any atom is 0.325 e. The van der Waals surface area contributed by atoms with Crippen LogP contribution in [-0.2, 0) is 21.4 Å². The molecule has 3 unspecified atom stereocenters. The predicted molar refractivity (Wildman–Crippen MR) is 76.2 cm³/mol. The fraction of sp³-hybridized carbons (Fsp3) is 0.692. The number of nitrogens with one attached hydrogen (secondary N) is 1. The molecule has 3 atom stereocenters. The second-order valence-electron chi connectivity index (χ2n) is 5.76. The standard InChI is InChI=1S/C13H21N3O4S/c1-9-4-3-5-12(10(9)2)15-21(19,20)11-6-14-16(7-11)8-13(17)18/h6-7,9-10,12,15H,3-5,8H2,1-2H3,(H,17,18). The van der Waals surface area contributed by atoms with Crippen LogP contribution >= 0.6 is 0 Å². The molecule has 1 aromatic heterocycles. The molecule has 1 saturated carbocycles. The van der Waals surface area contributed by atoms with Gasteiger partial charge >= 0.3 is 5.97 Å². The minimum atomic E-state index is -3.66. The summed E-state index contributed by atoms with van der Waals surface area (Å²) in [6, 6.07) is -0.0819. The highest BCUT2D eigenvalue weighted by molar-refractivity contribution is 7.89. The molecule has 1 heterocycles. The molecule has 0 aliphatic heterocycles. The Labute approximate surface area is 124 Å². The van der Waals surface area contributed by atoms with Crippen LogP contribution in [0.4, 0.5) is 0 Å². The molecule has 118 valence electrons. The van der Waals surface area contributed by atoms with Crippen molar-refractivity contribution in [1.82, 2.24) is 14.5 Å². The number of nitrogens with zero attached hydrogens (tertiary/aromatic N) is 2. The van der Waals surface area contributed by atoms with Gasteiger partial charge in [-0.15, -0.1) is 0 Å². The third-order valence-corrected chi connectivity index (χ3v) is 5.67. The van der Waals surface area contributed by atoms with Gasteiger partial charge in [-0.3, -0.25) is 9.48 Å². The average Bonchev–Trinajstić information content (AvgIpc) is 2.83. The van der Waals surface area contributed by atoms with Crippen molar-refractivity contribution in [2.24, 2.45) is 11.8 Å². The van der Waals surface area contributed by atoms with Crippen LogP contribution in [0, 0.1) is 11.8 Å². The molecule has 21 heavy (non-hydrogen) atoms. The molecule has 8 heteroatoms. The number of carboxylic acids is 1. The molecule has 0 bridgehead atoms. The van der Waals surface area contributed by atoms with Crippen molar-refractivity contribution in [3.05, 3.63) is 12.4 Å². The van der Waals surface area contributed by atoms with E-state index in [1.807, 2.05) is 0 Å². The Morgan fingerprint density at radius 2 is 2.19 bits per heavy atom. The number of hydrogen-bond donors (Lipinski definition) is 2. The van der Waals surface area contributed by atoms with Gasteiger partial charge in [0.05, 0.1) is 6.20 Å². The lowest BCUT2D eigenvalue weighted by Gasteiger charge is -2.34. The van der Waals surface area contributed by atoms with Crippen LogP contribution in [0.1, 0.15) is 33.1 Å². The monoisotopic (exact) mass is 315 g/mol. The number of hydrogen-bond acceptors (Lipinski definition) is 4. The molecule has 1 aromatic rings. The summed E-state index contributed by atoms with van der Waals surface area (Å²) in [5.41, 5.74) is 0. The van der Waals surface area contributed by atoms with Crippen molar-refractivity contribution < 1.29 is 18.3 Å². The smallest absolute Gasteiger partial charge is 0.325 e. The van der Waals surface area contributed by atoms with Crippen LogP contribution in [-0.4, -0.2) is 35.3 Å². The minimum absolute atomic E-state index is 0.00850. The van der Waals surface area contributed by atoms with Gasteiger partial charge in [-0.25, -0.2) is 13.1 Å². The average molecular weight is 315 g/mol. The van der Waals surface area contributed by atoms with Crippen LogP contribution in [0.25, 0.3) is 0 Å². The van der Waals surface area contributed by atoms with Gasteiger partial charge in [0.2, 0.25) is 10.0 Å². The lowest BCUT2D eigenvalue weighted by atomic mass is 9.78. The van der Waals surface area contributed by atoms with E-state index in [1.165, 1.54) is 12.4 Å². The highest BCUT2D eigenvalue weighted by Crippen LogP contribution is 2.30. The summed E-state index contributed by atoms with van der Waals surface area (Å²) >= 11 is 0. The highest BCUT2D eigenvalue weighted by Gasteiger charge is 2.31. The first-order chi connectivity index (χ1) is 9.79. The number of aliphatic carboxylic acids is 1. The molecule has 2 rings (SSSR count). The van der Waals surface area contributed by atoms with Crippen molar-refractivity contribution in [1.29, 1.82) is 0 Å². The third kappa shape index (κ3) is 3.82. The molecule has 1 aliphatic carbocycles. The van der Waals surface area contributed by atoms with Crippen LogP contribution < -0.4 is 4.72 Å². The predicted octanol–water partition coefficient (Wildman–Crippen LogP) is 1.07. The van der Waals surface area contributed by atoms with E-state index in [4.69, 9.17) is 5.11 Å². The van der Waals surface area contributed by atoms with E-state index in [2.05, 4.69) is 23.7 Å². The van der Waals surface area contributed by atoms with Gasteiger partial charge in [0.1, 0.15) is 11.4 Å². The summed E-state index contributed by atoms with van der Waals surface area (Å²) in [5.74, 6) is -0.298. The normalized spacial score (nSPS) is 26.7. The zero-order valence-corrected chi connectivity index (χ0v) is 13.0. The molecule has 0 saturated heterocycles. The fourth-order valence-corrected chi connectivity index (χ4v) is 4.04. The molecule has 0 aromatic carbocycles. The Morgan fingerprint density at radius 1 is 1.48 bits per heavy atom. The van der Waals surface area contributed by atoms with Crippen LogP contribution in [0.15, 0.2) is 17.3 Å². The zero-order valence-electron chi connectivity index (χ0n) is 12.2. The number of carboxylic acid groups (broad SMARTS) is 1. The molecule has 7 nitrogen and oxygen atoms in total. The topological polar surface area (TPSA) is 101 Å². The van der Waals surface area contributed by atoms with E-state index in [0.717, 1.165) is 23.9 Å². The Kier molecular flexibility index (Phi) is 4.67. The highest BCUT2D eigenvalue weighted by atomic mass is 32.2. The Balaban J connectivity index is 2.11. The van der Waals surface area contributed by atoms with E-state index in [-0.39, 0.29) is 23.4 Å². The Bertz CT molecular complexity index is 611. The number of sulfonamides is 1. The quantitative estimate of drug-likeness (QED) is 0.846. The third-order valence-electron chi connectivity index (χ3n) is 4.23. The van der Waals surface area contributed by atoms with Crippen LogP contribution in [0.3, 0.4) is 0 Å². The first kappa shape index (κ1) is 16.0. The Morgan fingerprint density at radius 3 is 2.86 bits per heavy atom. The Hall–Kier alpha value is -1.41. The van der Waals surface area contributed by atoms with Crippen molar-refractivity contribution in [2.75, 3.05) is 0 Å². The summed E-state index contributed by atoms with van der Waals surface area (Å²) in [7, 11) is -3.66. The number of aromatic nitrogens is 2. The van der Waals surface area contributed by atoms with Crippen LogP contribution in [0.5, 0.6) is 0 Å². The van der Waals surface area contributed by atoms with Gasteiger partial charge in [-0.1, -0.05) is 26.7 Å². The van der Waals surface area contributed by atoms with Gasteiger partial charge in [0.15, 0.2) is 0 Å². The van der Waals surface area contributed by atoms with Crippen molar-refractivity contribution >= 4 is 16.0 Å². The molecule has 0 spiro atoms. The van der Waals surface area contributed by atoms with Crippen molar-refractivity contribution in [3.8, 4) is 0 Å². The SMILES string of the molecule is CC1CCCC(NS(=O)(=O)c2cnn(CC(=O)O)c2)C1C. The molecule has 1 aliphatic rings. The van der Waals surface area contributed by atoms with E-state index in [9.17, 15) is 13.2 Å². The molecule has 1 fully saturated rings. The summed E-state index contributed by atoms with van der Waals surface area (Å²) < 4.78 is 28.5. The van der Waals surface area contributed by atoms with Crippen LogP contribution in [0.2, 0.25) is 0 Å². The van der Waals surface area contributed by atoms with E-state index < -0.39 is 16.0 Å². The summed E-state index contributed by atoms with van der Waals surface area (Å²) in [6.07, 6.45) is 5.39. The molecule has 0 amide bonds. The van der Waals surface area contributed by atoms with E-state index in [1.54, 1.807) is 0 Å². The lowest BCUT2D eigenvalue weighted by molar-refractivity contribution is -0.137. The van der Waals surface area contributed by atoms with Gasteiger partial charge in [-0.05, 0) is 18.3 Å². The van der Waals surface area contributed by atoms with E-state index in [0.29, 0.717) is 5.92 Å². The first-order valence-electron chi connectivity index (χ1n) is 7.06. The van der Waals surface area contributed by atoms with E-state index >= 15 is 0 Å². The summed E-state index contributed by atoms with van der Waals surface area (Å²) in [4.78, 5) is 10.6. The first-order valence-corrected chi connectivity index (χ1v) is 8.54. The molecular formula is C13H21N3O4S. The summed E-state index contributed by atoms with van der Waals surface area (Å²) in [5, 5.41) is 12.4. The van der Waals surface area contributed by atoms with Crippen molar-refractivity contribution in [3.63, 3.8) is 0 Å². The minimum Gasteiger partial charge on any atom is -0.480 e. The van der Waals surface area contributed by atoms with Gasteiger partial charge < -0.3 is 5.11 Å². The largest absolute Gasteiger partial charge is 0.480 e. The molecule has 0 radical (unpaired) electrons. The van der Waals surface area contributed by atoms with Gasteiger partial charge in [0, 0.05) is 12.2 Å². The van der Waals surface area contributed by atoms with Gasteiger partial charge in [0.25, 0.3) is 0 Å². The van der Waals surface area contributed by atoms with Gasteiger partial charge in [-0.2, -0.15) is 5.10 Å². The maximum atomic E-state index is 12.3. The van der Waals surface area contributed by atoms with Crippen molar-refractivity contribution in [2.45, 2.75) is 50.6 Å². The lowest BCUT2D eigenvalue weighted by Crippen LogP contribution is -2.43. The zero-order chi connectivity index (χ0) is 15.6.